The maximum atomic E-state index is 14.0. The summed E-state index contributed by atoms with van der Waals surface area (Å²) in [6.07, 6.45) is 3.96. The Morgan fingerprint density at radius 3 is 2.58 bits per heavy atom. The summed E-state index contributed by atoms with van der Waals surface area (Å²) in [5.41, 5.74) is 0.502. The lowest BCUT2D eigenvalue weighted by atomic mass is 9.92. The standard InChI is InChI=1S/C22H27F3N2O4/c1-12(2)19(28)11-30-16-5-3-15(4-6-16)27-21(29)14-7-13-8-17(23)20(31-22(24)25)9-18(13)26-10-14/h7-10,12,15-16,19,22,28H,3-6,11H2,1-2H3,(H,27,29). The number of aliphatic hydroxyl groups is 1. The van der Waals surface area contributed by atoms with Crippen LogP contribution in [0.5, 0.6) is 5.75 Å². The van der Waals surface area contributed by atoms with Gasteiger partial charge in [0.2, 0.25) is 0 Å². The van der Waals surface area contributed by atoms with Gasteiger partial charge in [-0.2, -0.15) is 8.78 Å². The quantitative estimate of drug-likeness (QED) is 0.647. The van der Waals surface area contributed by atoms with Crippen molar-refractivity contribution in [1.82, 2.24) is 10.3 Å². The number of pyridine rings is 1. The van der Waals surface area contributed by atoms with E-state index >= 15 is 0 Å². The summed E-state index contributed by atoms with van der Waals surface area (Å²) in [6, 6.07) is 3.55. The summed E-state index contributed by atoms with van der Waals surface area (Å²) in [5, 5.41) is 13.1. The number of rotatable bonds is 8. The molecule has 1 fully saturated rings. The summed E-state index contributed by atoms with van der Waals surface area (Å²) in [4.78, 5) is 16.7. The number of carbonyl (C=O) groups excluding carboxylic acids is 1. The Balaban J connectivity index is 1.56. The molecule has 9 heteroatoms. The third-order valence-electron chi connectivity index (χ3n) is 5.49. The Kier molecular flexibility index (Phi) is 7.72. The lowest BCUT2D eigenvalue weighted by molar-refractivity contribution is -0.0520. The molecule has 1 amide bonds. The van der Waals surface area contributed by atoms with Crippen LogP contribution < -0.4 is 10.1 Å². The van der Waals surface area contributed by atoms with Gasteiger partial charge in [-0.3, -0.25) is 9.78 Å². The summed E-state index contributed by atoms with van der Waals surface area (Å²) in [7, 11) is 0. The minimum absolute atomic E-state index is 0.0170. The van der Waals surface area contributed by atoms with Crippen molar-refractivity contribution in [3.05, 3.63) is 35.8 Å². The number of hydrogen-bond donors (Lipinski definition) is 2. The highest BCUT2D eigenvalue weighted by molar-refractivity contribution is 5.97. The number of halogens is 3. The van der Waals surface area contributed by atoms with Crippen LogP contribution in [0.25, 0.3) is 10.9 Å². The molecule has 1 heterocycles. The van der Waals surface area contributed by atoms with Gasteiger partial charge in [-0.15, -0.1) is 0 Å². The van der Waals surface area contributed by atoms with Crippen LogP contribution in [0.3, 0.4) is 0 Å². The first-order valence-corrected chi connectivity index (χ1v) is 10.4. The molecule has 3 rings (SSSR count). The molecular formula is C22H27F3N2O4. The fourth-order valence-electron chi connectivity index (χ4n) is 3.51. The first kappa shape index (κ1) is 23.3. The number of amides is 1. The van der Waals surface area contributed by atoms with Crippen molar-refractivity contribution >= 4 is 16.8 Å². The van der Waals surface area contributed by atoms with Gasteiger partial charge in [-0.1, -0.05) is 13.8 Å². The molecule has 6 nitrogen and oxygen atoms in total. The Bertz CT molecular complexity index is 902. The van der Waals surface area contributed by atoms with Crippen LogP contribution in [0.15, 0.2) is 24.4 Å². The van der Waals surface area contributed by atoms with Gasteiger partial charge >= 0.3 is 6.61 Å². The van der Waals surface area contributed by atoms with E-state index in [4.69, 9.17) is 4.74 Å². The Morgan fingerprint density at radius 2 is 1.94 bits per heavy atom. The predicted octanol–water partition coefficient (Wildman–Crippen LogP) is 4.05. The van der Waals surface area contributed by atoms with E-state index in [1.165, 1.54) is 12.3 Å². The number of nitrogens with one attached hydrogen (secondary N) is 1. The first-order chi connectivity index (χ1) is 14.7. The van der Waals surface area contributed by atoms with E-state index in [1.807, 2.05) is 13.8 Å². The van der Waals surface area contributed by atoms with Gasteiger partial charge in [-0.25, -0.2) is 4.39 Å². The molecule has 0 radical (unpaired) electrons. The largest absolute Gasteiger partial charge is 0.432 e. The van der Waals surface area contributed by atoms with E-state index in [1.54, 1.807) is 0 Å². The highest BCUT2D eigenvalue weighted by Gasteiger charge is 2.24. The fraction of sp³-hybridized carbons (Fsp3) is 0.545. The Hall–Kier alpha value is -2.39. The maximum Gasteiger partial charge on any atom is 0.387 e. The molecule has 31 heavy (non-hydrogen) atoms. The second-order valence-corrected chi connectivity index (χ2v) is 8.17. The number of alkyl halides is 2. The number of ether oxygens (including phenoxy) is 2. The number of fused-ring (bicyclic) bond motifs is 1. The third-order valence-corrected chi connectivity index (χ3v) is 5.49. The molecule has 1 unspecified atom stereocenters. The van der Waals surface area contributed by atoms with Crippen molar-refractivity contribution in [3.63, 3.8) is 0 Å². The Morgan fingerprint density at radius 1 is 1.23 bits per heavy atom. The van der Waals surface area contributed by atoms with Crippen molar-refractivity contribution in [1.29, 1.82) is 0 Å². The average molecular weight is 440 g/mol. The molecule has 0 aliphatic heterocycles. The number of aromatic nitrogens is 1. The van der Waals surface area contributed by atoms with Gasteiger partial charge in [0.1, 0.15) is 0 Å². The molecule has 0 saturated heterocycles. The van der Waals surface area contributed by atoms with Crippen LogP contribution in [0, 0.1) is 11.7 Å². The minimum atomic E-state index is -3.14. The number of benzene rings is 1. The molecule has 1 aliphatic carbocycles. The molecule has 1 aromatic heterocycles. The van der Waals surface area contributed by atoms with Crippen LogP contribution in [0.4, 0.5) is 13.2 Å². The van der Waals surface area contributed by atoms with E-state index in [-0.39, 0.29) is 35.1 Å². The van der Waals surface area contributed by atoms with E-state index in [0.717, 1.165) is 37.8 Å². The third kappa shape index (κ3) is 6.30. The van der Waals surface area contributed by atoms with Gasteiger partial charge in [0.25, 0.3) is 5.91 Å². The van der Waals surface area contributed by atoms with Gasteiger partial charge in [-0.05, 0) is 43.7 Å². The molecule has 1 aliphatic rings. The highest BCUT2D eigenvalue weighted by atomic mass is 19.3. The van der Waals surface area contributed by atoms with Gasteiger partial charge < -0.3 is 19.9 Å². The summed E-state index contributed by atoms with van der Waals surface area (Å²) in [5.74, 6) is -1.73. The first-order valence-electron chi connectivity index (χ1n) is 10.4. The minimum Gasteiger partial charge on any atom is -0.432 e. The molecule has 1 saturated carbocycles. The topological polar surface area (TPSA) is 80.7 Å². The Labute approximate surface area is 178 Å². The fourth-order valence-corrected chi connectivity index (χ4v) is 3.51. The molecule has 1 aromatic carbocycles. The second kappa shape index (κ2) is 10.3. The molecule has 2 N–H and O–H groups in total. The number of carbonyl (C=O) groups is 1. The highest BCUT2D eigenvalue weighted by Crippen LogP contribution is 2.26. The van der Waals surface area contributed by atoms with Gasteiger partial charge in [0, 0.05) is 23.7 Å². The van der Waals surface area contributed by atoms with Crippen LogP contribution in [0.1, 0.15) is 49.9 Å². The van der Waals surface area contributed by atoms with Gasteiger partial charge in [0.15, 0.2) is 11.6 Å². The lowest BCUT2D eigenvalue weighted by Gasteiger charge is -2.30. The summed E-state index contributed by atoms with van der Waals surface area (Å²) >= 11 is 0. The molecule has 2 aromatic rings. The zero-order valence-electron chi connectivity index (χ0n) is 17.5. The monoisotopic (exact) mass is 440 g/mol. The molecule has 170 valence electrons. The smallest absolute Gasteiger partial charge is 0.387 e. The van der Waals surface area contributed by atoms with Crippen molar-refractivity contribution in [3.8, 4) is 5.75 Å². The number of hydrogen-bond acceptors (Lipinski definition) is 5. The molecular weight excluding hydrogens is 413 g/mol. The van der Waals surface area contributed by atoms with E-state index in [2.05, 4.69) is 15.0 Å². The van der Waals surface area contributed by atoms with Crippen LogP contribution in [-0.2, 0) is 4.74 Å². The van der Waals surface area contributed by atoms with E-state index < -0.39 is 24.3 Å². The van der Waals surface area contributed by atoms with Crippen LogP contribution in [0.2, 0.25) is 0 Å². The predicted molar refractivity (Wildman–Crippen MR) is 109 cm³/mol. The maximum absolute atomic E-state index is 14.0. The zero-order chi connectivity index (χ0) is 22.5. The van der Waals surface area contributed by atoms with Crippen molar-refractivity contribution in [2.75, 3.05) is 6.61 Å². The second-order valence-electron chi connectivity index (χ2n) is 8.17. The molecule has 1 atom stereocenters. The average Bonchev–Trinajstić information content (AvgIpc) is 2.72. The van der Waals surface area contributed by atoms with Crippen molar-refractivity contribution in [2.45, 2.75) is 64.4 Å². The SMILES string of the molecule is CC(C)C(O)COC1CCC(NC(=O)c2cnc3cc(OC(F)F)c(F)cc3c2)CC1. The number of aliphatic hydroxyl groups excluding tert-OH is 1. The zero-order valence-corrected chi connectivity index (χ0v) is 17.5. The normalized spacial score (nSPS) is 20.3. The van der Waals surface area contributed by atoms with Crippen LogP contribution >= 0.6 is 0 Å². The molecule has 0 spiro atoms. The molecule has 0 bridgehead atoms. The number of nitrogens with zero attached hydrogens (tertiary/aromatic N) is 1. The van der Waals surface area contributed by atoms with E-state index in [9.17, 15) is 23.1 Å². The van der Waals surface area contributed by atoms with E-state index in [0.29, 0.717) is 12.0 Å². The lowest BCUT2D eigenvalue weighted by Crippen LogP contribution is -2.39. The van der Waals surface area contributed by atoms with Crippen molar-refractivity contribution < 1.29 is 32.5 Å². The summed E-state index contributed by atoms with van der Waals surface area (Å²) < 4.78 is 48.6. The van der Waals surface area contributed by atoms with Crippen molar-refractivity contribution in [2.24, 2.45) is 5.92 Å². The summed E-state index contributed by atoms with van der Waals surface area (Å²) in [6.45, 7) is 1.04. The van der Waals surface area contributed by atoms with Crippen LogP contribution in [-0.4, -0.2) is 47.5 Å². The van der Waals surface area contributed by atoms with Gasteiger partial charge in [0.05, 0.1) is 29.9 Å².